The highest BCUT2D eigenvalue weighted by Gasteiger charge is 2.17. The van der Waals surface area contributed by atoms with Crippen molar-refractivity contribution in [2.45, 2.75) is 45.1 Å². The van der Waals surface area contributed by atoms with Gasteiger partial charge in [0.05, 0.1) is 7.11 Å². The van der Waals surface area contributed by atoms with Crippen molar-refractivity contribution in [1.29, 1.82) is 0 Å². The first-order valence-corrected chi connectivity index (χ1v) is 9.44. The molecule has 1 saturated carbocycles. The van der Waals surface area contributed by atoms with E-state index in [1.165, 1.54) is 43.4 Å². The minimum absolute atomic E-state index is 0.437. The summed E-state index contributed by atoms with van der Waals surface area (Å²) >= 11 is 2.11. The molecule has 0 amide bonds. The molecule has 0 aromatic heterocycles. The number of rotatable bonds is 9. The van der Waals surface area contributed by atoms with Gasteiger partial charge < -0.3 is 10.1 Å². The highest BCUT2D eigenvalue weighted by molar-refractivity contribution is 7.99. The predicted octanol–water partition coefficient (Wildman–Crippen LogP) is 4.66. The molecule has 1 unspecified atom stereocenters. The third-order valence-electron chi connectivity index (χ3n) is 4.25. The van der Waals surface area contributed by atoms with Gasteiger partial charge >= 0.3 is 0 Å². The Balaban J connectivity index is 1.89. The van der Waals surface area contributed by atoms with Crippen molar-refractivity contribution in [2.75, 3.05) is 25.2 Å². The van der Waals surface area contributed by atoms with E-state index in [1.54, 1.807) is 7.11 Å². The molecule has 1 aliphatic carbocycles. The zero-order valence-corrected chi connectivity index (χ0v) is 14.3. The number of nitrogens with one attached hydrogen (secondary N) is 1. The maximum atomic E-state index is 5.36. The van der Waals surface area contributed by atoms with Gasteiger partial charge in [-0.25, -0.2) is 0 Å². The van der Waals surface area contributed by atoms with Crippen molar-refractivity contribution in [2.24, 2.45) is 5.92 Å². The Labute approximate surface area is 134 Å². The van der Waals surface area contributed by atoms with Crippen LogP contribution in [0, 0.1) is 5.92 Å². The van der Waals surface area contributed by atoms with Crippen LogP contribution in [0.4, 0.5) is 0 Å². The summed E-state index contributed by atoms with van der Waals surface area (Å²) in [5.74, 6) is 4.40. The smallest absolute Gasteiger partial charge is 0.119 e. The molecule has 1 N–H and O–H groups in total. The van der Waals surface area contributed by atoms with Crippen molar-refractivity contribution < 1.29 is 4.74 Å². The second kappa shape index (κ2) is 9.37. The number of thioether (sulfide) groups is 1. The fourth-order valence-electron chi connectivity index (χ4n) is 2.98. The molecule has 1 aromatic carbocycles. The first-order valence-electron chi connectivity index (χ1n) is 8.28. The zero-order chi connectivity index (χ0) is 14.9. The maximum absolute atomic E-state index is 5.36. The third kappa shape index (κ3) is 5.55. The lowest BCUT2D eigenvalue weighted by Gasteiger charge is -2.20. The Morgan fingerprint density at radius 2 is 2.14 bits per heavy atom. The second-order valence-corrected chi connectivity index (χ2v) is 7.05. The van der Waals surface area contributed by atoms with Crippen LogP contribution >= 0.6 is 11.8 Å². The molecule has 0 radical (unpaired) electrons. The Morgan fingerprint density at radius 3 is 2.86 bits per heavy atom. The molecule has 3 heteroatoms. The number of hydrogen-bond donors (Lipinski definition) is 1. The van der Waals surface area contributed by atoms with Crippen LogP contribution in [0.3, 0.4) is 0 Å². The zero-order valence-electron chi connectivity index (χ0n) is 13.4. The van der Waals surface area contributed by atoms with Crippen LogP contribution < -0.4 is 10.1 Å². The van der Waals surface area contributed by atoms with E-state index < -0.39 is 0 Å². The third-order valence-corrected chi connectivity index (χ3v) is 5.53. The van der Waals surface area contributed by atoms with Gasteiger partial charge in [0, 0.05) is 11.8 Å². The summed E-state index contributed by atoms with van der Waals surface area (Å²) < 4.78 is 5.36. The molecule has 1 aromatic rings. The van der Waals surface area contributed by atoms with Gasteiger partial charge in [0.2, 0.25) is 0 Å². The predicted molar refractivity (Wildman–Crippen MR) is 93.3 cm³/mol. The topological polar surface area (TPSA) is 21.3 Å². The van der Waals surface area contributed by atoms with E-state index in [1.807, 2.05) is 6.07 Å². The average Bonchev–Trinajstić information content (AvgIpc) is 3.04. The van der Waals surface area contributed by atoms with Crippen LogP contribution in [0.2, 0.25) is 0 Å². The maximum Gasteiger partial charge on any atom is 0.119 e. The minimum Gasteiger partial charge on any atom is -0.497 e. The van der Waals surface area contributed by atoms with Crippen molar-refractivity contribution in [3.05, 3.63) is 29.8 Å². The Hall–Kier alpha value is -0.670. The van der Waals surface area contributed by atoms with Crippen LogP contribution in [0.1, 0.15) is 50.6 Å². The fourth-order valence-corrected chi connectivity index (χ4v) is 4.33. The van der Waals surface area contributed by atoms with Crippen LogP contribution in [0.5, 0.6) is 5.75 Å². The molecule has 0 bridgehead atoms. The van der Waals surface area contributed by atoms with Crippen molar-refractivity contribution >= 4 is 11.8 Å². The molecule has 2 nitrogen and oxygen atoms in total. The van der Waals surface area contributed by atoms with E-state index in [4.69, 9.17) is 4.74 Å². The Kier molecular flexibility index (Phi) is 7.45. The monoisotopic (exact) mass is 307 g/mol. The summed E-state index contributed by atoms with van der Waals surface area (Å²) in [5.41, 5.74) is 1.35. The first kappa shape index (κ1) is 16.7. The molecule has 1 atom stereocenters. The van der Waals surface area contributed by atoms with Gasteiger partial charge in [-0.15, -0.1) is 0 Å². The molecule has 1 fully saturated rings. The number of ether oxygens (including phenoxy) is 1. The standard InChI is InChI=1S/C18H29NOS/c1-3-11-19-18(14-21-13-15-7-4-5-8-15)16-9-6-10-17(12-16)20-2/h6,9-10,12,15,18-19H,3-5,7-8,11,13-14H2,1-2H3. The van der Waals surface area contributed by atoms with Crippen LogP contribution in [-0.4, -0.2) is 25.2 Å². The van der Waals surface area contributed by atoms with E-state index in [9.17, 15) is 0 Å². The molecule has 118 valence electrons. The van der Waals surface area contributed by atoms with Crippen LogP contribution in [0.15, 0.2) is 24.3 Å². The van der Waals surface area contributed by atoms with E-state index in [0.717, 1.165) is 24.0 Å². The largest absolute Gasteiger partial charge is 0.497 e. The Bertz CT molecular complexity index is 404. The van der Waals surface area contributed by atoms with Crippen LogP contribution in [0.25, 0.3) is 0 Å². The van der Waals surface area contributed by atoms with E-state index in [0.29, 0.717) is 6.04 Å². The second-order valence-electron chi connectivity index (χ2n) is 5.97. The average molecular weight is 308 g/mol. The van der Waals surface area contributed by atoms with E-state index in [2.05, 4.69) is 42.2 Å². The highest BCUT2D eigenvalue weighted by atomic mass is 32.2. The van der Waals surface area contributed by atoms with Gasteiger partial charge in [0.25, 0.3) is 0 Å². The summed E-state index contributed by atoms with van der Waals surface area (Å²) in [6, 6.07) is 8.93. The molecule has 1 aliphatic rings. The molecule has 0 saturated heterocycles. The Morgan fingerprint density at radius 1 is 1.33 bits per heavy atom. The molecule has 21 heavy (non-hydrogen) atoms. The normalized spacial score (nSPS) is 17.0. The summed E-state index contributed by atoms with van der Waals surface area (Å²) in [6.45, 7) is 3.30. The first-order chi connectivity index (χ1) is 10.3. The van der Waals surface area contributed by atoms with Gasteiger partial charge in [-0.3, -0.25) is 0 Å². The molecular weight excluding hydrogens is 278 g/mol. The van der Waals surface area contributed by atoms with Gasteiger partial charge in [0.1, 0.15) is 5.75 Å². The number of hydrogen-bond acceptors (Lipinski definition) is 3. The number of methoxy groups -OCH3 is 1. The summed E-state index contributed by atoms with van der Waals surface area (Å²) in [7, 11) is 1.74. The number of benzene rings is 1. The summed E-state index contributed by atoms with van der Waals surface area (Å²) in [6.07, 6.45) is 6.95. The van der Waals surface area contributed by atoms with Gasteiger partial charge in [-0.2, -0.15) is 11.8 Å². The summed E-state index contributed by atoms with van der Waals surface area (Å²) in [4.78, 5) is 0. The lowest BCUT2D eigenvalue weighted by molar-refractivity contribution is 0.413. The fraction of sp³-hybridized carbons (Fsp3) is 0.667. The highest BCUT2D eigenvalue weighted by Crippen LogP contribution is 2.30. The van der Waals surface area contributed by atoms with E-state index >= 15 is 0 Å². The summed E-state index contributed by atoms with van der Waals surface area (Å²) in [5, 5.41) is 3.69. The van der Waals surface area contributed by atoms with Crippen LogP contribution in [-0.2, 0) is 0 Å². The van der Waals surface area contributed by atoms with Gasteiger partial charge in [0.15, 0.2) is 0 Å². The molecule has 2 rings (SSSR count). The van der Waals surface area contributed by atoms with E-state index in [-0.39, 0.29) is 0 Å². The molecule has 0 spiro atoms. The van der Waals surface area contributed by atoms with Crippen molar-refractivity contribution in [3.8, 4) is 5.75 Å². The van der Waals surface area contributed by atoms with Crippen molar-refractivity contribution in [1.82, 2.24) is 5.32 Å². The molecule has 0 heterocycles. The molecule has 0 aliphatic heterocycles. The lowest BCUT2D eigenvalue weighted by Crippen LogP contribution is -2.24. The quantitative estimate of drug-likeness (QED) is 0.717. The lowest BCUT2D eigenvalue weighted by atomic mass is 10.1. The van der Waals surface area contributed by atoms with Crippen molar-refractivity contribution in [3.63, 3.8) is 0 Å². The van der Waals surface area contributed by atoms with Gasteiger partial charge in [-0.05, 0) is 55.2 Å². The van der Waals surface area contributed by atoms with Gasteiger partial charge in [-0.1, -0.05) is 31.9 Å². The molecular formula is C18H29NOS. The SMILES string of the molecule is CCCNC(CSCC1CCCC1)c1cccc(OC)c1. The minimum atomic E-state index is 0.437.